The van der Waals surface area contributed by atoms with Gasteiger partial charge in [-0.1, -0.05) is 0 Å². The van der Waals surface area contributed by atoms with Crippen molar-refractivity contribution in [3.05, 3.63) is 19.4 Å². The molecule has 1 aromatic heterocycles. The molecule has 0 fully saturated rings. The van der Waals surface area contributed by atoms with Crippen LogP contribution in [-0.2, 0) is 12.8 Å². The average molecular weight is 337 g/mol. The van der Waals surface area contributed by atoms with E-state index in [1.807, 2.05) is 0 Å². The van der Waals surface area contributed by atoms with Gasteiger partial charge in [0.25, 0.3) is 0 Å². The summed E-state index contributed by atoms with van der Waals surface area (Å²) in [5.41, 5.74) is 1.37. The summed E-state index contributed by atoms with van der Waals surface area (Å²) < 4.78 is 1.29. The average Bonchev–Trinajstić information content (AvgIpc) is 2.59. The van der Waals surface area contributed by atoms with E-state index in [1.54, 1.807) is 18.4 Å². The Morgan fingerprint density at radius 3 is 3.13 bits per heavy atom. The molecule has 0 aromatic carbocycles. The molecule has 1 unspecified atom stereocenters. The van der Waals surface area contributed by atoms with Crippen LogP contribution in [-0.4, -0.2) is 29.2 Å². The van der Waals surface area contributed by atoms with E-state index in [4.69, 9.17) is 5.11 Å². The molecule has 3 nitrogen and oxygen atoms in total. The molecule has 0 aliphatic heterocycles. The second kappa shape index (κ2) is 4.29. The molecule has 1 atom stereocenters. The van der Waals surface area contributed by atoms with E-state index < -0.39 is 6.09 Å². The lowest BCUT2D eigenvalue weighted by Gasteiger charge is -2.29. The largest absolute Gasteiger partial charge is 0.465 e. The number of likely N-dealkylation sites (N-methyl/N-ethyl adjacent to an activating group) is 1. The minimum atomic E-state index is -0.825. The summed E-state index contributed by atoms with van der Waals surface area (Å²) in [6.45, 7) is 0. The van der Waals surface area contributed by atoms with Crippen molar-refractivity contribution in [2.24, 2.45) is 0 Å². The van der Waals surface area contributed by atoms with Crippen LogP contribution in [0.5, 0.6) is 0 Å². The number of thiophene rings is 1. The lowest BCUT2D eigenvalue weighted by Crippen LogP contribution is -2.39. The van der Waals surface area contributed by atoms with E-state index >= 15 is 0 Å². The van der Waals surface area contributed by atoms with Gasteiger partial charge in [0.2, 0.25) is 0 Å². The summed E-state index contributed by atoms with van der Waals surface area (Å²) in [5.74, 6) is 0. The van der Waals surface area contributed by atoms with Crippen LogP contribution < -0.4 is 0 Å². The van der Waals surface area contributed by atoms with Crippen molar-refractivity contribution < 1.29 is 9.90 Å². The summed E-state index contributed by atoms with van der Waals surface area (Å²) >= 11 is 4.13. The van der Waals surface area contributed by atoms with E-state index in [0.29, 0.717) is 0 Å². The Labute approximate surface area is 106 Å². The summed E-state index contributed by atoms with van der Waals surface area (Å²) in [7, 11) is 1.66. The second-order valence-electron chi connectivity index (χ2n) is 3.78. The van der Waals surface area contributed by atoms with Crippen LogP contribution in [0.4, 0.5) is 4.79 Å². The van der Waals surface area contributed by atoms with Gasteiger partial charge in [0.05, 0.1) is 0 Å². The summed E-state index contributed by atoms with van der Waals surface area (Å²) in [6.07, 6.45) is 2.02. The number of nitrogens with zero attached hydrogens (tertiary/aromatic N) is 1. The predicted molar refractivity (Wildman–Crippen MR) is 68.6 cm³/mol. The molecule has 1 aromatic rings. The molecule has 82 valence electrons. The Hall–Kier alpha value is -0.300. The Balaban J connectivity index is 2.17. The van der Waals surface area contributed by atoms with Crippen LogP contribution in [0.25, 0.3) is 0 Å². The molecule has 0 saturated carbocycles. The van der Waals surface area contributed by atoms with Gasteiger partial charge in [0, 0.05) is 26.9 Å². The fourth-order valence-corrected chi connectivity index (χ4v) is 4.01. The lowest BCUT2D eigenvalue weighted by atomic mass is 9.94. The Morgan fingerprint density at radius 2 is 2.47 bits per heavy atom. The van der Waals surface area contributed by atoms with E-state index in [-0.39, 0.29) is 6.04 Å². The first-order chi connectivity index (χ1) is 7.09. The molecule has 5 heteroatoms. The molecule has 1 N–H and O–H groups in total. The van der Waals surface area contributed by atoms with Gasteiger partial charge in [-0.3, -0.25) is 0 Å². The van der Waals surface area contributed by atoms with Crippen molar-refractivity contribution in [1.29, 1.82) is 0 Å². The fraction of sp³-hybridized carbons (Fsp3) is 0.500. The third-order valence-corrected chi connectivity index (χ3v) is 5.40. The van der Waals surface area contributed by atoms with Crippen LogP contribution >= 0.6 is 33.9 Å². The summed E-state index contributed by atoms with van der Waals surface area (Å²) in [6, 6.07) is 0.151. The molecule has 1 aliphatic carbocycles. The van der Waals surface area contributed by atoms with Gasteiger partial charge in [-0.2, -0.15) is 0 Å². The number of rotatable bonds is 1. The highest BCUT2D eigenvalue weighted by Gasteiger charge is 2.26. The van der Waals surface area contributed by atoms with Crippen molar-refractivity contribution in [2.75, 3.05) is 7.05 Å². The van der Waals surface area contributed by atoms with Gasteiger partial charge >= 0.3 is 6.09 Å². The molecule has 2 rings (SSSR count). The van der Waals surface area contributed by atoms with E-state index in [9.17, 15) is 4.79 Å². The van der Waals surface area contributed by atoms with Gasteiger partial charge in [0.15, 0.2) is 0 Å². The summed E-state index contributed by atoms with van der Waals surface area (Å²) in [4.78, 5) is 13.7. The van der Waals surface area contributed by atoms with E-state index in [1.165, 1.54) is 18.9 Å². The van der Waals surface area contributed by atoms with Gasteiger partial charge in [-0.05, 0) is 47.4 Å². The SMILES string of the molecule is CN(C(=O)O)C1CCc2scc(I)c2C1. The molecule has 1 aliphatic rings. The molecular weight excluding hydrogens is 325 g/mol. The van der Waals surface area contributed by atoms with Crippen molar-refractivity contribution in [3.8, 4) is 0 Å². The lowest BCUT2D eigenvalue weighted by molar-refractivity contribution is 0.134. The Morgan fingerprint density at radius 1 is 1.73 bits per heavy atom. The number of amides is 1. The van der Waals surface area contributed by atoms with Crippen LogP contribution in [0, 0.1) is 3.57 Å². The smallest absolute Gasteiger partial charge is 0.407 e. The highest BCUT2D eigenvalue weighted by atomic mass is 127. The molecule has 1 heterocycles. The first-order valence-electron chi connectivity index (χ1n) is 4.80. The van der Waals surface area contributed by atoms with Gasteiger partial charge in [-0.15, -0.1) is 11.3 Å². The third-order valence-electron chi connectivity index (χ3n) is 2.92. The zero-order valence-corrected chi connectivity index (χ0v) is 11.3. The molecule has 0 bridgehead atoms. The highest BCUT2D eigenvalue weighted by molar-refractivity contribution is 14.1. The molecule has 0 saturated heterocycles. The minimum absolute atomic E-state index is 0.151. The number of halogens is 1. The van der Waals surface area contributed by atoms with Crippen LogP contribution in [0.2, 0.25) is 0 Å². The van der Waals surface area contributed by atoms with Crippen LogP contribution in [0.15, 0.2) is 5.38 Å². The zero-order valence-electron chi connectivity index (χ0n) is 8.36. The van der Waals surface area contributed by atoms with Crippen LogP contribution in [0.3, 0.4) is 0 Å². The second-order valence-corrected chi connectivity index (χ2v) is 5.90. The fourth-order valence-electron chi connectivity index (χ4n) is 1.94. The quantitative estimate of drug-likeness (QED) is 0.801. The zero-order chi connectivity index (χ0) is 11.0. The number of fused-ring (bicyclic) bond motifs is 1. The van der Waals surface area contributed by atoms with Gasteiger partial charge in [-0.25, -0.2) is 4.79 Å². The molecule has 0 radical (unpaired) electrons. The van der Waals surface area contributed by atoms with Crippen LogP contribution in [0.1, 0.15) is 16.9 Å². The van der Waals surface area contributed by atoms with Gasteiger partial charge in [0.1, 0.15) is 0 Å². The normalized spacial score (nSPS) is 19.7. The summed E-state index contributed by atoms with van der Waals surface area (Å²) in [5, 5.41) is 11.1. The number of aryl methyl sites for hydroxylation is 1. The van der Waals surface area contributed by atoms with E-state index in [2.05, 4.69) is 28.0 Å². The number of carbonyl (C=O) groups is 1. The maximum atomic E-state index is 10.9. The van der Waals surface area contributed by atoms with Crippen molar-refractivity contribution >= 4 is 40.0 Å². The molecule has 0 spiro atoms. The van der Waals surface area contributed by atoms with E-state index in [0.717, 1.165) is 19.3 Å². The molecular formula is C10H12INO2S. The first-order valence-corrected chi connectivity index (χ1v) is 6.76. The minimum Gasteiger partial charge on any atom is -0.465 e. The Kier molecular flexibility index (Phi) is 3.20. The number of hydrogen-bond acceptors (Lipinski definition) is 2. The predicted octanol–water partition coefficient (Wildman–Crippen LogP) is 2.82. The van der Waals surface area contributed by atoms with Crippen molar-refractivity contribution in [1.82, 2.24) is 4.90 Å². The standard InChI is InChI=1S/C10H12INO2S/c1-12(10(13)14)6-2-3-9-7(4-6)8(11)5-15-9/h5-6H,2-4H2,1H3,(H,13,14). The van der Waals surface area contributed by atoms with Crippen molar-refractivity contribution in [3.63, 3.8) is 0 Å². The third kappa shape index (κ3) is 2.13. The molecule has 1 amide bonds. The maximum Gasteiger partial charge on any atom is 0.407 e. The topological polar surface area (TPSA) is 40.5 Å². The highest BCUT2D eigenvalue weighted by Crippen LogP contribution is 2.32. The van der Waals surface area contributed by atoms with Gasteiger partial charge < -0.3 is 10.0 Å². The Bertz CT molecular complexity index is 391. The maximum absolute atomic E-state index is 10.9. The monoisotopic (exact) mass is 337 g/mol. The molecule has 15 heavy (non-hydrogen) atoms. The number of carboxylic acid groups (broad SMARTS) is 1. The number of hydrogen-bond donors (Lipinski definition) is 1. The first kappa shape index (κ1) is 11.2. The van der Waals surface area contributed by atoms with Crippen molar-refractivity contribution in [2.45, 2.75) is 25.3 Å².